The maximum atomic E-state index is 12.3. The van der Waals surface area contributed by atoms with Gasteiger partial charge in [0.15, 0.2) is 5.75 Å². The van der Waals surface area contributed by atoms with E-state index in [0.29, 0.717) is 33.0 Å². The second-order valence-corrected chi connectivity index (χ2v) is 7.67. The van der Waals surface area contributed by atoms with Gasteiger partial charge in [-0.2, -0.15) is 0 Å². The van der Waals surface area contributed by atoms with Gasteiger partial charge in [-0.1, -0.05) is 36.4 Å². The first-order chi connectivity index (χ1) is 14.2. The molecule has 0 heterocycles. The van der Waals surface area contributed by atoms with Crippen molar-refractivity contribution in [3.63, 3.8) is 0 Å². The Hall–Kier alpha value is -3.28. The zero-order valence-corrected chi connectivity index (χ0v) is 18.1. The van der Waals surface area contributed by atoms with Crippen molar-refractivity contribution in [3.8, 4) is 11.5 Å². The average molecular weight is 410 g/mol. The van der Waals surface area contributed by atoms with Crippen LogP contribution in [0.2, 0.25) is 0 Å². The fourth-order valence-electron chi connectivity index (χ4n) is 3.27. The molecule has 0 bridgehead atoms. The number of aryl methyl sites for hydroxylation is 2. The van der Waals surface area contributed by atoms with Crippen molar-refractivity contribution in [1.82, 2.24) is 0 Å². The lowest BCUT2D eigenvalue weighted by Crippen LogP contribution is -2.17. The summed E-state index contributed by atoms with van der Waals surface area (Å²) in [6.45, 7) is 10.9. The summed E-state index contributed by atoms with van der Waals surface area (Å²) in [6, 6.07) is 11.1. The van der Waals surface area contributed by atoms with Crippen molar-refractivity contribution in [1.29, 1.82) is 0 Å². The Labute approximate surface area is 175 Å². The lowest BCUT2D eigenvalue weighted by molar-refractivity contribution is 0.0719. The molecule has 0 fully saturated rings. The summed E-state index contributed by atoms with van der Waals surface area (Å²) in [4.78, 5) is 24.6. The van der Waals surface area contributed by atoms with Crippen molar-refractivity contribution in [2.24, 2.45) is 0 Å². The Bertz CT molecular complexity index is 1110. The van der Waals surface area contributed by atoms with Gasteiger partial charge in [-0.25, -0.2) is 9.59 Å². The Kier molecular flexibility index (Phi) is 6.15. The van der Waals surface area contributed by atoms with E-state index in [1.165, 1.54) is 0 Å². The number of rotatable bonds is 4. The van der Waals surface area contributed by atoms with Crippen molar-refractivity contribution in [2.75, 3.05) is 0 Å². The van der Waals surface area contributed by atoms with Gasteiger partial charge in [-0.05, 0) is 52.7 Å². The third-order valence-corrected chi connectivity index (χ3v) is 4.66. The largest absolute Gasteiger partial charge is 0.514 e. The van der Waals surface area contributed by atoms with Gasteiger partial charge in [0.25, 0.3) is 0 Å². The fraction of sp³-hybridized carbons (Fsp3) is 0.333. The summed E-state index contributed by atoms with van der Waals surface area (Å²) in [6.07, 6.45) is -2.20. The predicted molar refractivity (Wildman–Crippen MR) is 115 cm³/mol. The maximum absolute atomic E-state index is 12.3. The molecule has 0 spiro atoms. The summed E-state index contributed by atoms with van der Waals surface area (Å²) in [7, 11) is 0. The van der Waals surface area contributed by atoms with E-state index < -0.39 is 12.3 Å². The minimum absolute atomic E-state index is 0.313. The number of fused-ring (bicyclic) bond motifs is 2. The summed E-state index contributed by atoms with van der Waals surface area (Å²) < 4.78 is 21.7. The van der Waals surface area contributed by atoms with Crippen LogP contribution in [0.4, 0.5) is 9.59 Å². The molecule has 0 radical (unpaired) electrons. The molecule has 0 atom stereocenters. The number of hydrogen-bond acceptors (Lipinski definition) is 6. The third kappa shape index (κ3) is 4.32. The Morgan fingerprint density at radius 2 is 1.20 bits per heavy atom. The second-order valence-electron chi connectivity index (χ2n) is 7.67. The molecule has 0 unspecified atom stereocenters. The summed E-state index contributed by atoms with van der Waals surface area (Å²) in [5.41, 5.74) is 1.92. The van der Waals surface area contributed by atoms with Crippen LogP contribution >= 0.6 is 0 Å². The zero-order valence-electron chi connectivity index (χ0n) is 18.1. The number of carbonyl (C=O) groups excluding carboxylic acids is 2. The first kappa shape index (κ1) is 21.4. The quantitative estimate of drug-likeness (QED) is 0.279. The molecule has 0 aliphatic carbocycles. The number of benzene rings is 3. The van der Waals surface area contributed by atoms with E-state index in [4.69, 9.17) is 18.9 Å². The van der Waals surface area contributed by atoms with Crippen molar-refractivity contribution >= 4 is 33.9 Å². The molecular formula is C24H26O6. The molecule has 3 aromatic carbocycles. The minimum Gasteiger partial charge on any atom is -0.431 e. The summed E-state index contributed by atoms with van der Waals surface area (Å²) >= 11 is 0. The van der Waals surface area contributed by atoms with Crippen LogP contribution in [0.25, 0.3) is 21.5 Å². The van der Waals surface area contributed by atoms with Gasteiger partial charge in [0.1, 0.15) is 5.75 Å². The van der Waals surface area contributed by atoms with Crippen LogP contribution in [0.15, 0.2) is 36.4 Å². The summed E-state index contributed by atoms with van der Waals surface area (Å²) in [5.74, 6) is 0.732. The number of hydrogen-bond donors (Lipinski definition) is 0. The van der Waals surface area contributed by atoms with Crippen molar-refractivity contribution in [3.05, 3.63) is 47.5 Å². The molecule has 158 valence electrons. The molecule has 30 heavy (non-hydrogen) atoms. The molecule has 0 aliphatic rings. The van der Waals surface area contributed by atoms with Gasteiger partial charge in [0, 0.05) is 21.5 Å². The first-order valence-electron chi connectivity index (χ1n) is 9.90. The predicted octanol–water partition coefficient (Wildman–Crippen LogP) is 6.46. The minimum atomic E-state index is -0.789. The molecule has 0 amide bonds. The van der Waals surface area contributed by atoms with Gasteiger partial charge in [-0.15, -0.1) is 0 Å². The van der Waals surface area contributed by atoms with Gasteiger partial charge in [0.2, 0.25) is 0 Å². The van der Waals surface area contributed by atoms with Crippen molar-refractivity contribution < 1.29 is 28.5 Å². The fourth-order valence-corrected chi connectivity index (χ4v) is 3.27. The van der Waals surface area contributed by atoms with Crippen LogP contribution in [0.5, 0.6) is 11.5 Å². The van der Waals surface area contributed by atoms with Crippen LogP contribution in [0, 0.1) is 13.8 Å². The molecule has 6 heteroatoms. The lowest BCUT2D eigenvalue weighted by Gasteiger charge is -2.19. The maximum Gasteiger partial charge on any atom is 0.514 e. The second kappa shape index (κ2) is 8.61. The average Bonchev–Trinajstić information content (AvgIpc) is 2.65. The normalized spacial score (nSPS) is 11.2. The van der Waals surface area contributed by atoms with Gasteiger partial charge >= 0.3 is 12.3 Å². The van der Waals surface area contributed by atoms with E-state index in [1.807, 2.05) is 50.2 Å². The van der Waals surface area contributed by atoms with E-state index in [0.717, 1.165) is 11.1 Å². The topological polar surface area (TPSA) is 71.1 Å². The van der Waals surface area contributed by atoms with Crippen LogP contribution in [-0.2, 0) is 9.47 Å². The number of carbonyl (C=O) groups is 2. The summed E-state index contributed by atoms with van der Waals surface area (Å²) in [5, 5.41) is 2.58. The molecule has 3 rings (SSSR count). The monoisotopic (exact) mass is 410 g/mol. The SMILES string of the molecule is Cc1ccc2c(OC(=O)OC(C)C)c3ccccc3c(OC(=O)OC(C)C)c2c1C. The van der Waals surface area contributed by atoms with E-state index in [1.54, 1.807) is 27.7 Å². The molecule has 0 aliphatic heterocycles. The van der Waals surface area contributed by atoms with Crippen LogP contribution < -0.4 is 9.47 Å². The highest BCUT2D eigenvalue weighted by molar-refractivity contribution is 6.13. The molecule has 6 nitrogen and oxygen atoms in total. The number of ether oxygens (including phenoxy) is 4. The lowest BCUT2D eigenvalue weighted by atomic mass is 9.95. The third-order valence-electron chi connectivity index (χ3n) is 4.66. The van der Waals surface area contributed by atoms with Crippen LogP contribution in [0.1, 0.15) is 38.8 Å². The molecule has 0 saturated carbocycles. The highest BCUT2D eigenvalue weighted by atomic mass is 16.7. The molecule has 0 saturated heterocycles. The standard InChI is InChI=1S/C24H26O6/c1-13(2)27-23(25)29-21-17-9-7-8-10-18(17)22(30-24(26)28-14(3)4)20-16(6)15(5)11-12-19(20)21/h7-14H,1-6H3. The highest BCUT2D eigenvalue weighted by Gasteiger charge is 2.23. The van der Waals surface area contributed by atoms with Crippen LogP contribution in [0.3, 0.4) is 0 Å². The smallest absolute Gasteiger partial charge is 0.431 e. The highest BCUT2D eigenvalue weighted by Crippen LogP contribution is 2.45. The van der Waals surface area contributed by atoms with Crippen LogP contribution in [-0.4, -0.2) is 24.5 Å². The van der Waals surface area contributed by atoms with E-state index in [-0.39, 0.29) is 12.2 Å². The zero-order chi connectivity index (χ0) is 22.0. The van der Waals surface area contributed by atoms with Gasteiger partial charge in [0.05, 0.1) is 12.2 Å². The molecule has 3 aromatic rings. The van der Waals surface area contributed by atoms with E-state index in [9.17, 15) is 9.59 Å². The molecular weight excluding hydrogens is 384 g/mol. The molecule has 0 N–H and O–H groups in total. The Balaban J connectivity index is 2.30. The van der Waals surface area contributed by atoms with Gasteiger partial charge in [-0.3, -0.25) is 0 Å². The first-order valence-corrected chi connectivity index (χ1v) is 9.90. The Morgan fingerprint density at radius 3 is 1.73 bits per heavy atom. The molecule has 0 aromatic heterocycles. The van der Waals surface area contributed by atoms with E-state index >= 15 is 0 Å². The Morgan fingerprint density at radius 1 is 0.700 bits per heavy atom. The van der Waals surface area contributed by atoms with Crippen molar-refractivity contribution in [2.45, 2.75) is 53.8 Å². The van der Waals surface area contributed by atoms with Gasteiger partial charge < -0.3 is 18.9 Å². The van der Waals surface area contributed by atoms with E-state index in [2.05, 4.69) is 0 Å².